The van der Waals surface area contributed by atoms with Crippen LogP contribution in [0.3, 0.4) is 0 Å². The molecule has 2 aromatic rings. The van der Waals surface area contributed by atoms with Crippen molar-refractivity contribution in [3.8, 4) is 0 Å². The van der Waals surface area contributed by atoms with Gasteiger partial charge in [0.1, 0.15) is 5.69 Å². The summed E-state index contributed by atoms with van der Waals surface area (Å²) in [6.45, 7) is 9.04. The Morgan fingerprint density at radius 2 is 1.72 bits per heavy atom. The van der Waals surface area contributed by atoms with Crippen LogP contribution in [-0.2, 0) is 4.79 Å². The minimum Gasteiger partial charge on any atom is -0.353 e. The van der Waals surface area contributed by atoms with Crippen molar-refractivity contribution in [1.29, 1.82) is 0 Å². The van der Waals surface area contributed by atoms with Gasteiger partial charge in [0.15, 0.2) is 0 Å². The van der Waals surface area contributed by atoms with E-state index in [4.69, 9.17) is 0 Å². The van der Waals surface area contributed by atoms with E-state index < -0.39 is 0 Å². The Bertz CT molecular complexity index is 833. The van der Waals surface area contributed by atoms with E-state index in [0.717, 1.165) is 61.8 Å². The minimum absolute atomic E-state index is 0.0488. The Balaban J connectivity index is 1.44. The van der Waals surface area contributed by atoms with E-state index in [1.807, 2.05) is 31.2 Å². The fraction of sp³-hybridized carbons (Fsp3) is 0.565. The van der Waals surface area contributed by atoms with Gasteiger partial charge in [0.25, 0.3) is 5.91 Å². The van der Waals surface area contributed by atoms with Gasteiger partial charge in [-0.25, -0.2) is 0 Å². The highest BCUT2D eigenvalue weighted by Crippen LogP contribution is 2.21. The maximum atomic E-state index is 12.6. The van der Waals surface area contributed by atoms with E-state index in [1.165, 1.54) is 0 Å². The van der Waals surface area contributed by atoms with Crippen LogP contribution >= 0.6 is 0 Å². The first-order valence-electron chi connectivity index (χ1n) is 10.9. The van der Waals surface area contributed by atoms with Gasteiger partial charge < -0.3 is 20.5 Å². The molecule has 0 radical (unpaired) electrons. The van der Waals surface area contributed by atoms with Crippen molar-refractivity contribution in [2.24, 2.45) is 0 Å². The van der Waals surface area contributed by atoms with Gasteiger partial charge in [-0.2, -0.15) is 0 Å². The first kappa shape index (κ1) is 21.4. The number of hydrogen-bond donors (Lipinski definition) is 3. The van der Waals surface area contributed by atoms with Crippen molar-refractivity contribution in [3.05, 3.63) is 35.5 Å². The van der Waals surface area contributed by atoms with Crippen LogP contribution in [0.5, 0.6) is 0 Å². The number of nitrogens with zero attached hydrogens (tertiary/aromatic N) is 1. The second kappa shape index (κ2) is 9.92. The fourth-order valence-corrected chi connectivity index (χ4v) is 4.17. The van der Waals surface area contributed by atoms with E-state index in [-0.39, 0.29) is 23.9 Å². The molecule has 6 nitrogen and oxygen atoms in total. The number of benzene rings is 1. The zero-order valence-corrected chi connectivity index (χ0v) is 17.9. The van der Waals surface area contributed by atoms with Crippen LogP contribution < -0.4 is 10.6 Å². The molecule has 1 heterocycles. The van der Waals surface area contributed by atoms with Crippen molar-refractivity contribution in [2.45, 2.75) is 65.0 Å². The highest BCUT2D eigenvalue weighted by Gasteiger charge is 2.24. The number of carbonyl (C=O) groups is 2. The number of aromatic amines is 1. The first-order valence-corrected chi connectivity index (χ1v) is 10.9. The van der Waals surface area contributed by atoms with Crippen LogP contribution in [-0.4, -0.2) is 53.4 Å². The average Bonchev–Trinajstić information content (AvgIpc) is 3.16. The lowest BCUT2D eigenvalue weighted by Crippen LogP contribution is -2.44. The molecular weight excluding hydrogens is 364 g/mol. The predicted octanol–water partition coefficient (Wildman–Crippen LogP) is 3.37. The molecule has 2 amide bonds. The summed E-state index contributed by atoms with van der Waals surface area (Å²) in [6, 6.07) is 8.37. The number of carbonyl (C=O) groups excluding carboxylic acids is 2. The quantitative estimate of drug-likeness (QED) is 0.638. The third-order valence-electron chi connectivity index (χ3n) is 6.09. The van der Waals surface area contributed by atoms with E-state index in [0.29, 0.717) is 12.1 Å². The molecule has 0 atom stereocenters. The number of aryl methyl sites for hydroxylation is 1. The highest BCUT2D eigenvalue weighted by atomic mass is 16.2. The molecular formula is C23H34N4O2. The zero-order chi connectivity index (χ0) is 20.8. The topological polar surface area (TPSA) is 77.2 Å². The van der Waals surface area contributed by atoms with Crippen LogP contribution in [0.1, 0.15) is 62.0 Å². The van der Waals surface area contributed by atoms with Crippen LogP contribution in [0.25, 0.3) is 10.9 Å². The molecule has 0 aliphatic heterocycles. The Kier molecular flexibility index (Phi) is 7.31. The molecule has 0 unspecified atom stereocenters. The Hall–Kier alpha value is -2.34. The summed E-state index contributed by atoms with van der Waals surface area (Å²) in [5.41, 5.74) is 2.77. The number of para-hydroxylation sites is 1. The Morgan fingerprint density at radius 3 is 2.34 bits per heavy atom. The van der Waals surface area contributed by atoms with Crippen LogP contribution in [0.15, 0.2) is 24.3 Å². The SMILES string of the molecule is CCN(CC)CCC(=O)NC1CCC(NC(=O)c2cc3cccc(C)c3[nH]2)CC1. The van der Waals surface area contributed by atoms with Crippen LogP contribution in [0, 0.1) is 6.92 Å². The summed E-state index contributed by atoms with van der Waals surface area (Å²) < 4.78 is 0. The summed E-state index contributed by atoms with van der Waals surface area (Å²) in [5.74, 6) is 0.0881. The van der Waals surface area contributed by atoms with E-state index in [1.54, 1.807) is 0 Å². The minimum atomic E-state index is -0.0488. The van der Waals surface area contributed by atoms with Crippen LogP contribution in [0.2, 0.25) is 0 Å². The maximum absolute atomic E-state index is 12.6. The van der Waals surface area contributed by atoms with Crippen molar-refractivity contribution in [1.82, 2.24) is 20.5 Å². The summed E-state index contributed by atoms with van der Waals surface area (Å²) in [6.07, 6.45) is 4.16. The van der Waals surface area contributed by atoms with Crippen molar-refractivity contribution >= 4 is 22.7 Å². The summed E-state index contributed by atoms with van der Waals surface area (Å²) >= 11 is 0. The lowest BCUT2D eigenvalue weighted by molar-refractivity contribution is -0.122. The summed E-state index contributed by atoms with van der Waals surface area (Å²) in [7, 11) is 0. The molecule has 1 aromatic carbocycles. The van der Waals surface area contributed by atoms with Gasteiger partial charge in [-0.3, -0.25) is 9.59 Å². The molecule has 1 saturated carbocycles. The van der Waals surface area contributed by atoms with Crippen molar-refractivity contribution < 1.29 is 9.59 Å². The normalized spacial score (nSPS) is 19.4. The largest absolute Gasteiger partial charge is 0.353 e. The fourth-order valence-electron chi connectivity index (χ4n) is 4.17. The van der Waals surface area contributed by atoms with Gasteiger partial charge in [-0.1, -0.05) is 32.0 Å². The third-order valence-corrected chi connectivity index (χ3v) is 6.09. The molecule has 1 aromatic heterocycles. The number of hydrogen-bond acceptors (Lipinski definition) is 3. The van der Waals surface area contributed by atoms with Gasteiger partial charge in [0, 0.05) is 36.0 Å². The van der Waals surface area contributed by atoms with E-state index >= 15 is 0 Å². The number of rotatable bonds is 8. The number of fused-ring (bicyclic) bond motifs is 1. The number of amides is 2. The van der Waals surface area contributed by atoms with Gasteiger partial charge in [0.05, 0.1) is 0 Å². The molecule has 1 fully saturated rings. The Labute approximate surface area is 173 Å². The molecule has 6 heteroatoms. The molecule has 0 bridgehead atoms. The average molecular weight is 399 g/mol. The standard InChI is InChI=1S/C23H34N4O2/c1-4-27(5-2)14-13-21(28)24-18-9-11-19(12-10-18)25-23(29)20-15-17-8-6-7-16(3)22(17)26-20/h6-8,15,18-19,26H,4-5,9-14H2,1-3H3,(H,24,28)(H,25,29). The molecule has 1 aliphatic carbocycles. The van der Waals surface area contributed by atoms with Gasteiger partial charge in [0.2, 0.25) is 5.91 Å². The third kappa shape index (κ3) is 5.60. The number of aromatic nitrogens is 1. The monoisotopic (exact) mass is 398 g/mol. The molecule has 3 N–H and O–H groups in total. The highest BCUT2D eigenvalue weighted by molar-refractivity contribution is 5.98. The second-order valence-electron chi connectivity index (χ2n) is 8.09. The first-order chi connectivity index (χ1) is 14.0. The number of H-pyrrole nitrogens is 1. The molecule has 29 heavy (non-hydrogen) atoms. The lowest BCUT2D eigenvalue weighted by Gasteiger charge is -2.29. The van der Waals surface area contributed by atoms with Crippen molar-refractivity contribution in [3.63, 3.8) is 0 Å². The maximum Gasteiger partial charge on any atom is 0.267 e. The van der Waals surface area contributed by atoms with Gasteiger partial charge in [-0.05, 0) is 57.3 Å². The predicted molar refractivity (Wildman–Crippen MR) is 117 cm³/mol. The lowest BCUT2D eigenvalue weighted by atomic mass is 9.91. The summed E-state index contributed by atoms with van der Waals surface area (Å²) in [5, 5.41) is 7.38. The van der Waals surface area contributed by atoms with Gasteiger partial charge >= 0.3 is 0 Å². The Morgan fingerprint density at radius 1 is 1.07 bits per heavy atom. The van der Waals surface area contributed by atoms with Gasteiger partial charge in [-0.15, -0.1) is 0 Å². The zero-order valence-electron chi connectivity index (χ0n) is 17.9. The molecule has 158 valence electrons. The number of nitrogens with one attached hydrogen (secondary N) is 3. The van der Waals surface area contributed by atoms with Crippen LogP contribution in [0.4, 0.5) is 0 Å². The summed E-state index contributed by atoms with van der Waals surface area (Å²) in [4.78, 5) is 30.3. The molecule has 1 aliphatic rings. The molecule has 3 rings (SSSR count). The molecule has 0 spiro atoms. The molecule has 0 saturated heterocycles. The smallest absolute Gasteiger partial charge is 0.267 e. The van der Waals surface area contributed by atoms with E-state index in [2.05, 4.69) is 34.4 Å². The van der Waals surface area contributed by atoms with Crippen molar-refractivity contribution in [2.75, 3.05) is 19.6 Å². The second-order valence-corrected chi connectivity index (χ2v) is 8.09. The van der Waals surface area contributed by atoms with E-state index in [9.17, 15) is 9.59 Å².